The van der Waals surface area contributed by atoms with Crippen LogP contribution in [0.3, 0.4) is 0 Å². The highest BCUT2D eigenvalue weighted by molar-refractivity contribution is 5.31. The van der Waals surface area contributed by atoms with Gasteiger partial charge in [0.05, 0.1) is 12.6 Å². The summed E-state index contributed by atoms with van der Waals surface area (Å²) in [5, 5.41) is 12.3. The van der Waals surface area contributed by atoms with Gasteiger partial charge in [0.1, 0.15) is 0 Å². The van der Waals surface area contributed by atoms with Gasteiger partial charge in [-0.1, -0.05) is 12.0 Å². The minimum atomic E-state index is 0.278. The number of aromatic nitrogens is 4. The van der Waals surface area contributed by atoms with Crippen LogP contribution in [0.1, 0.15) is 39.5 Å². The van der Waals surface area contributed by atoms with E-state index < -0.39 is 0 Å². The maximum Gasteiger partial charge on any atom is 0.245 e. The molecule has 0 amide bonds. The molecule has 1 aromatic rings. The van der Waals surface area contributed by atoms with Crippen molar-refractivity contribution in [3.8, 4) is 0 Å². The van der Waals surface area contributed by atoms with Gasteiger partial charge in [0, 0.05) is 19.2 Å². The first-order chi connectivity index (χ1) is 9.25. The summed E-state index contributed by atoms with van der Waals surface area (Å²) >= 11 is 0. The molecule has 3 unspecified atom stereocenters. The van der Waals surface area contributed by atoms with Crippen LogP contribution < -0.4 is 4.90 Å². The van der Waals surface area contributed by atoms with Crippen molar-refractivity contribution in [3.63, 3.8) is 0 Å². The highest BCUT2D eigenvalue weighted by atomic mass is 16.5. The van der Waals surface area contributed by atoms with Crippen molar-refractivity contribution in [1.82, 2.24) is 20.2 Å². The molecule has 6 nitrogen and oxygen atoms in total. The highest BCUT2D eigenvalue weighted by Crippen LogP contribution is 2.27. The van der Waals surface area contributed by atoms with Crippen LogP contribution >= 0.6 is 0 Å². The van der Waals surface area contributed by atoms with Crippen LogP contribution in [0.25, 0.3) is 0 Å². The molecule has 2 fully saturated rings. The average Bonchev–Trinajstić information content (AvgIpc) is 3.05. The van der Waals surface area contributed by atoms with Gasteiger partial charge in [0.25, 0.3) is 0 Å². The summed E-state index contributed by atoms with van der Waals surface area (Å²) in [5.74, 6) is 1.61. The third-order valence-corrected chi connectivity index (χ3v) is 4.54. The third kappa shape index (κ3) is 2.59. The number of piperidine rings is 1. The topological polar surface area (TPSA) is 56.1 Å². The lowest BCUT2D eigenvalue weighted by Gasteiger charge is -2.38. The Morgan fingerprint density at radius 1 is 1.26 bits per heavy atom. The molecule has 3 rings (SSSR count). The molecule has 0 radical (unpaired) electrons. The molecule has 0 aromatic carbocycles. The Hall–Kier alpha value is -1.17. The minimum Gasteiger partial charge on any atom is -0.376 e. The first-order valence-corrected chi connectivity index (χ1v) is 7.40. The van der Waals surface area contributed by atoms with Gasteiger partial charge in [-0.25, -0.2) is 4.68 Å². The second kappa shape index (κ2) is 5.45. The second-order valence-electron chi connectivity index (χ2n) is 5.85. The fourth-order valence-corrected chi connectivity index (χ4v) is 3.12. The fraction of sp³-hybridized carbons (Fsp3) is 0.923. The van der Waals surface area contributed by atoms with Crippen LogP contribution in [-0.2, 0) is 11.3 Å². The molecule has 19 heavy (non-hydrogen) atoms. The van der Waals surface area contributed by atoms with Crippen LogP contribution in [0.5, 0.6) is 0 Å². The highest BCUT2D eigenvalue weighted by Gasteiger charge is 2.29. The van der Waals surface area contributed by atoms with E-state index >= 15 is 0 Å². The van der Waals surface area contributed by atoms with E-state index in [4.69, 9.17) is 4.74 Å². The monoisotopic (exact) mass is 265 g/mol. The molecule has 0 spiro atoms. The summed E-state index contributed by atoms with van der Waals surface area (Å²) in [4.78, 5) is 2.35. The van der Waals surface area contributed by atoms with E-state index in [-0.39, 0.29) is 6.10 Å². The van der Waals surface area contributed by atoms with Gasteiger partial charge in [0.15, 0.2) is 0 Å². The second-order valence-corrected chi connectivity index (χ2v) is 5.85. The quantitative estimate of drug-likeness (QED) is 0.828. The maximum absolute atomic E-state index is 5.68. The Bertz CT molecular complexity index is 415. The molecule has 6 heteroatoms. The Labute approximate surface area is 114 Å². The minimum absolute atomic E-state index is 0.278. The molecule has 1 aromatic heterocycles. The normalized spacial score (nSPS) is 31.9. The van der Waals surface area contributed by atoms with Crippen molar-refractivity contribution in [1.29, 1.82) is 0 Å². The van der Waals surface area contributed by atoms with Gasteiger partial charge in [-0.2, -0.15) is 0 Å². The molecule has 2 saturated heterocycles. The lowest BCUT2D eigenvalue weighted by Crippen LogP contribution is -2.44. The zero-order valence-corrected chi connectivity index (χ0v) is 11.8. The molecule has 0 saturated carbocycles. The van der Waals surface area contributed by atoms with Crippen molar-refractivity contribution >= 4 is 5.95 Å². The van der Waals surface area contributed by atoms with E-state index in [1.54, 1.807) is 0 Å². The van der Waals surface area contributed by atoms with Crippen molar-refractivity contribution < 1.29 is 4.74 Å². The average molecular weight is 265 g/mol. The molecule has 3 heterocycles. The predicted octanol–water partition coefficient (Wildman–Crippen LogP) is 1.48. The SMILES string of the molecule is CC1CCCN(c2nnnn2CC2CCCO2)C1C. The molecule has 3 atom stereocenters. The summed E-state index contributed by atoms with van der Waals surface area (Å²) in [6.45, 7) is 7.29. The summed E-state index contributed by atoms with van der Waals surface area (Å²) in [7, 11) is 0. The molecule has 2 aliphatic heterocycles. The van der Waals surface area contributed by atoms with Crippen LogP contribution in [0.15, 0.2) is 0 Å². The Morgan fingerprint density at radius 2 is 2.16 bits per heavy atom. The lowest BCUT2D eigenvalue weighted by molar-refractivity contribution is 0.0935. The molecule has 106 valence electrons. The number of ether oxygens (including phenoxy) is 1. The van der Waals surface area contributed by atoms with Crippen LogP contribution in [0.4, 0.5) is 5.95 Å². The van der Waals surface area contributed by atoms with E-state index in [2.05, 4.69) is 34.3 Å². The van der Waals surface area contributed by atoms with Crippen molar-refractivity contribution in [2.24, 2.45) is 5.92 Å². The van der Waals surface area contributed by atoms with Crippen LogP contribution in [-0.4, -0.2) is 45.5 Å². The molecule has 0 N–H and O–H groups in total. The molecule has 0 aliphatic carbocycles. The first kappa shape index (κ1) is 12.8. The molecular weight excluding hydrogens is 242 g/mol. The number of rotatable bonds is 3. The van der Waals surface area contributed by atoms with E-state index in [0.29, 0.717) is 12.0 Å². The Balaban J connectivity index is 1.75. The Kier molecular flexibility index (Phi) is 3.68. The van der Waals surface area contributed by atoms with E-state index in [1.165, 1.54) is 12.8 Å². The summed E-state index contributed by atoms with van der Waals surface area (Å²) in [6, 6.07) is 0.503. The number of anilines is 1. The van der Waals surface area contributed by atoms with Crippen LogP contribution in [0, 0.1) is 5.92 Å². The predicted molar refractivity (Wildman–Crippen MR) is 72.0 cm³/mol. The van der Waals surface area contributed by atoms with Crippen molar-refractivity contribution in [2.75, 3.05) is 18.1 Å². The first-order valence-electron chi connectivity index (χ1n) is 7.40. The van der Waals surface area contributed by atoms with Crippen molar-refractivity contribution in [3.05, 3.63) is 0 Å². The van der Waals surface area contributed by atoms with E-state index in [1.807, 2.05) is 4.68 Å². The smallest absolute Gasteiger partial charge is 0.245 e. The molecule has 2 aliphatic rings. The number of hydrogen-bond donors (Lipinski definition) is 0. The van der Waals surface area contributed by atoms with Gasteiger partial charge in [-0.05, 0) is 49.0 Å². The number of nitrogens with zero attached hydrogens (tertiary/aromatic N) is 5. The van der Waals surface area contributed by atoms with Gasteiger partial charge >= 0.3 is 0 Å². The standard InChI is InChI=1S/C13H23N5O/c1-10-5-3-7-17(11(10)2)13-14-15-16-18(13)9-12-6-4-8-19-12/h10-12H,3-9H2,1-2H3. The molecular formula is C13H23N5O. The van der Waals surface area contributed by atoms with E-state index in [9.17, 15) is 0 Å². The number of hydrogen-bond acceptors (Lipinski definition) is 5. The fourth-order valence-electron chi connectivity index (χ4n) is 3.12. The number of tetrazole rings is 1. The summed E-state index contributed by atoms with van der Waals surface area (Å²) in [6.07, 6.45) is 5.06. The van der Waals surface area contributed by atoms with Gasteiger partial charge in [-0.3, -0.25) is 0 Å². The molecule has 0 bridgehead atoms. The largest absolute Gasteiger partial charge is 0.376 e. The third-order valence-electron chi connectivity index (χ3n) is 4.54. The summed E-state index contributed by atoms with van der Waals surface area (Å²) < 4.78 is 7.60. The van der Waals surface area contributed by atoms with Gasteiger partial charge in [0.2, 0.25) is 5.95 Å². The maximum atomic E-state index is 5.68. The van der Waals surface area contributed by atoms with E-state index in [0.717, 1.165) is 38.5 Å². The Morgan fingerprint density at radius 3 is 2.95 bits per heavy atom. The summed E-state index contributed by atoms with van der Waals surface area (Å²) in [5.41, 5.74) is 0. The lowest BCUT2D eigenvalue weighted by atomic mass is 9.92. The van der Waals surface area contributed by atoms with Gasteiger partial charge in [-0.15, -0.1) is 0 Å². The van der Waals surface area contributed by atoms with Crippen LogP contribution in [0.2, 0.25) is 0 Å². The zero-order valence-electron chi connectivity index (χ0n) is 11.8. The van der Waals surface area contributed by atoms with Crippen molar-refractivity contribution in [2.45, 2.75) is 58.2 Å². The van der Waals surface area contributed by atoms with Gasteiger partial charge < -0.3 is 9.64 Å². The zero-order chi connectivity index (χ0) is 13.2.